The Labute approximate surface area is 123 Å². The summed E-state index contributed by atoms with van der Waals surface area (Å²) < 4.78 is 5.06. The molecule has 108 valence electrons. The molecule has 0 amide bonds. The zero-order valence-corrected chi connectivity index (χ0v) is 11.9. The second-order valence-corrected chi connectivity index (χ2v) is 5.50. The summed E-state index contributed by atoms with van der Waals surface area (Å²) in [5, 5.41) is 11.2. The Balaban J connectivity index is 2.03. The lowest BCUT2D eigenvalue weighted by Crippen LogP contribution is -2.02. The van der Waals surface area contributed by atoms with E-state index < -0.39 is 11.7 Å². The van der Waals surface area contributed by atoms with Gasteiger partial charge in [-0.15, -0.1) is 11.3 Å². The van der Waals surface area contributed by atoms with Crippen LogP contribution < -0.4 is 5.76 Å². The monoisotopic (exact) mass is 304 g/mol. The van der Waals surface area contributed by atoms with Gasteiger partial charge < -0.3 is 9.52 Å². The summed E-state index contributed by atoms with van der Waals surface area (Å²) in [4.78, 5) is 28.9. The zero-order valence-electron chi connectivity index (χ0n) is 11.1. The summed E-state index contributed by atoms with van der Waals surface area (Å²) in [6, 6.07) is 5.47. The Morgan fingerprint density at radius 1 is 1.52 bits per heavy atom. The number of aromatic carboxylic acids is 1. The SMILES string of the molecule is CCC(c1ccc2[nH]c(=O)oc2c1)c1nc(C(=O)O)cs1. The molecule has 0 aliphatic rings. The maximum absolute atomic E-state index is 11.2. The van der Waals surface area contributed by atoms with E-state index in [1.54, 1.807) is 12.1 Å². The number of carboxylic acids is 1. The summed E-state index contributed by atoms with van der Waals surface area (Å²) in [6.07, 6.45) is 0.771. The van der Waals surface area contributed by atoms with Crippen LogP contribution >= 0.6 is 11.3 Å². The molecule has 0 saturated heterocycles. The lowest BCUT2D eigenvalue weighted by Gasteiger charge is -2.12. The maximum atomic E-state index is 11.2. The molecule has 21 heavy (non-hydrogen) atoms. The number of rotatable bonds is 4. The van der Waals surface area contributed by atoms with Gasteiger partial charge in [0.15, 0.2) is 11.3 Å². The molecular formula is C14H12N2O4S. The number of oxazole rings is 1. The van der Waals surface area contributed by atoms with Gasteiger partial charge in [-0.3, -0.25) is 4.98 Å². The molecule has 0 fully saturated rings. The highest BCUT2D eigenvalue weighted by molar-refractivity contribution is 7.10. The van der Waals surface area contributed by atoms with Crippen LogP contribution in [-0.2, 0) is 0 Å². The third-order valence-electron chi connectivity index (χ3n) is 3.29. The Morgan fingerprint density at radius 2 is 2.33 bits per heavy atom. The molecule has 0 spiro atoms. The van der Waals surface area contributed by atoms with Gasteiger partial charge in [0, 0.05) is 11.3 Å². The van der Waals surface area contributed by atoms with Gasteiger partial charge in [-0.25, -0.2) is 14.6 Å². The van der Waals surface area contributed by atoms with Gasteiger partial charge >= 0.3 is 11.7 Å². The predicted octanol–water partition coefficient (Wildman–Crippen LogP) is 2.82. The van der Waals surface area contributed by atoms with E-state index in [0.29, 0.717) is 11.1 Å². The first-order chi connectivity index (χ1) is 10.1. The summed E-state index contributed by atoms with van der Waals surface area (Å²) in [6.45, 7) is 2.00. The molecule has 1 atom stereocenters. The number of carbonyl (C=O) groups is 1. The minimum atomic E-state index is -1.03. The van der Waals surface area contributed by atoms with Crippen LogP contribution in [0.3, 0.4) is 0 Å². The summed E-state index contributed by atoms with van der Waals surface area (Å²) >= 11 is 1.32. The molecule has 0 aliphatic heterocycles. The van der Waals surface area contributed by atoms with Crippen LogP contribution in [0.15, 0.2) is 32.8 Å². The molecule has 0 saturated carbocycles. The Kier molecular flexibility index (Phi) is 3.34. The molecule has 2 aromatic heterocycles. The van der Waals surface area contributed by atoms with Crippen molar-refractivity contribution in [1.82, 2.24) is 9.97 Å². The van der Waals surface area contributed by atoms with Crippen molar-refractivity contribution in [3.05, 3.63) is 50.4 Å². The average Bonchev–Trinajstić information content (AvgIpc) is 3.05. The summed E-state index contributed by atoms with van der Waals surface area (Å²) in [5.41, 5.74) is 2.14. The molecule has 1 aromatic carbocycles. The van der Waals surface area contributed by atoms with Crippen molar-refractivity contribution in [3.8, 4) is 0 Å². The standard InChI is InChI=1S/C14H12N2O4S/c1-2-8(12-15-10(6-21-12)13(17)18)7-3-4-9-11(5-7)20-14(19)16-9/h3-6,8H,2H2,1H3,(H,16,19)(H,17,18). The Hall–Kier alpha value is -2.41. The quantitative estimate of drug-likeness (QED) is 0.772. The van der Waals surface area contributed by atoms with E-state index >= 15 is 0 Å². The number of fused-ring (bicyclic) bond motifs is 1. The van der Waals surface area contributed by atoms with E-state index in [4.69, 9.17) is 9.52 Å². The summed E-state index contributed by atoms with van der Waals surface area (Å²) in [7, 11) is 0. The minimum absolute atomic E-state index is 0.0206. The number of thiazole rings is 1. The molecule has 0 radical (unpaired) electrons. The number of hydrogen-bond acceptors (Lipinski definition) is 5. The zero-order chi connectivity index (χ0) is 15.0. The lowest BCUT2D eigenvalue weighted by atomic mass is 9.97. The van der Waals surface area contributed by atoms with E-state index in [1.165, 1.54) is 16.7 Å². The largest absolute Gasteiger partial charge is 0.476 e. The van der Waals surface area contributed by atoms with Gasteiger partial charge in [-0.2, -0.15) is 0 Å². The van der Waals surface area contributed by atoms with Gasteiger partial charge in [0.25, 0.3) is 0 Å². The van der Waals surface area contributed by atoms with Crippen molar-refractivity contribution in [2.24, 2.45) is 0 Å². The molecule has 3 rings (SSSR count). The molecule has 1 unspecified atom stereocenters. The number of benzene rings is 1. The number of carboxylic acid groups (broad SMARTS) is 1. The molecule has 0 aliphatic carbocycles. The number of nitrogens with one attached hydrogen (secondary N) is 1. The fourth-order valence-corrected chi connectivity index (χ4v) is 3.28. The Morgan fingerprint density at radius 3 is 3.00 bits per heavy atom. The van der Waals surface area contributed by atoms with E-state index in [1.807, 2.05) is 13.0 Å². The smallest absolute Gasteiger partial charge is 0.417 e. The second kappa shape index (κ2) is 5.17. The molecule has 7 heteroatoms. The van der Waals surface area contributed by atoms with Crippen LogP contribution in [0, 0.1) is 0 Å². The minimum Gasteiger partial charge on any atom is -0.476 e. The van der Waals surface area contributed by atoms with Gasteiger partial charge in [-0.1, -0.05) is 13.0 Å². The molecule has 0 bridgehead atoms. The van der Waals surface area contributed by atoms with Crippen LogP contribution in [0.25, 0.3) is 11.1 Å². The van der Waals surface area contributed by atoms with Crippen LogP contribution in [0.2, 0.25) is 0 Å². The molecule has 2 N–H and O–H groups in total. The first-order valence-corrected chi connectivity index (χ1v) is 7.28. The highest BCUT2D eigenvalue weighted by Crippen LogP contribution is 2.31. The molecule has 3 aromatic rings. The normalized spacial score (nSPS) is 12.6. The molecular weight excluding hydrogens is 292 g/mol. The van der Waals surface area contributed by atoms with E-state index in [0.717, 1.165) is 17.0 Å². The predicted molar refractivity (Wildman–Crippen MR) is 78.0 cm³/mol. The maximum Gasteiger partial charge on any atom is 0.417 e. The highest BCUT2D eigenvalue weighted by atomic mass is 32.1. The Bertz CT molecular complexity index is 861. The topological polar surface area (TPSA) is 96.2 Å². The van der Waals surface area contributed by atoms with Crippen LogP contribution in [-0.4, -0.2) is 21.0 Å². The number of H-pyrrole nitrogens is 1. The average molecular weight is 304 g/mol. The number of aromatic nitrogens is 2. The van der Waals surface area contributed by atoms with Crippen LogP contribution in [0.5, 0.6) is 0 Å². The fraction of sp³-hybridized carbons (Fsp3) is 0.214. The fourth-order valence-electron chi connectivity index (χ4n) is 2.28. The van der Waals surface area contributed by atoms with E-state index in [9.17, 15) is 9.59 Å². The lowest BCUT2D eigenvalue weighted by molar-refractivity contribution is 0.0691. The first-order valence-electron chi connectivity index (χ1n) is 6.40. The van der Waals surface area contributed by atoms with Crippen molar-refractivity contribution in [2.45, 2.75) is 19.3 Å². The van der Waals surface area contributed by atoms with Crippen molar-refractivity contribution in [3.63, 3.8) is 0 Å². The van der Waals surface area contributed by atoms with Crippen LogP contribution in [0.4, 0.5) is 0 Å². The number of hydrogen-bond donors (Lipinski definition) is 2. The summed E-state index contributed by atoms with van der Waals surface area (Å²) in [5.74, 6) is -1.54. The van der Waals surface area contributed by atoms with Gasteiger partial charge in [-0.05, 0) is 24.1 Å². The highest BCUT2D eigenvalue weighted by Gasteiger charge is 2.19. The van der Waals surface area contributed by atoms with Crippen LogP contribution in [0.1, 0.15) is 40.3 Å². The van der Waals surface area contributed by atoms with Gasteiger partial charge in [0.1, 0.15) is 5.01 Å². The molecule has 2 heterocycles. The van der Waals surface area contributed by atoms with Crippen molar-refractivity contribution < 1.29 is 14.3 Å². The van der Waals surface area contributed by atoms with E-state index in [-0.39, 0.29) is 11.6 Å². The van der Waals surface area contributed by atoms with Gasteiger partial charge in [0.05, 0.1) is 5.52 Å². The second-order valence-electron chi connectivity index (χ2n) is 4.61. The number of nitrogens with zero attached hydrogens (tertiary/aromatic N) is 1. The van der Waals surface area contributed by atoms with Crippen molar-refractivity contribution in [1.29, 1.82) is 0 Å². The molecule has 6 nitrogen and oxygen atoms in total. The third kappa shape index (κ3) is 2.47. The number of aromatic amines is 1. The van der Waals surface area contributed by atoms with Crippen molar-refractivity contribution >= 4 is 28.4 Å². The van der Waals surface area contributed by atoms with Crippen molar-refractivity contribution in [2.75, 3.05) is 0 Å². The third-order valence-corrected chi connectivity index (χ3v) is 4.25. The van der Waals surface area contributed by atoms with Gasteiger partial charge in [0.2, 0.25) is 0 Å². The first kappa shape index (κ1) is 13.6. The van der Waals surface area contributed by atoms with E-state index in [2.05, 4.69) is 9.97 Å².